The van der Waals surface area contributed by atoms with Crippen molar-refractivity contribution in [1.82, 2.24) is 0 Å². The number of hydrogen-bond acceptors (Lipinski definition) is 3. The van der Waals surface area contributed by atoms with Crippen LogP contribution in [0, 0.1) is 41.5 Å². The van der Waals surface area contributed by atoms with Crippen molar-refractivity contribution in [3.63, 3.8) is 0 Å². The Kier molecular flexibility index (Phi) is 8.56. The van der Waals surface area contributed by atoms with Gasteiger partial charge in [-0.2, -0.15) is 0 Å². The molecular formula is C31H36O3P+. The molecular weight excluding hydrogens is 451 g/mol. The predicted molar refractivity (Wildman–Crippen MR) is 146 cm³/mol. The summed E-state index contributed by atoms with van der Waals surface area (Å²) in [4.78, 5) is 28.1. The van der Waals surface area contributed by atoms with Crippen molar-refractivity contribution in [2.45, 2.75) is 67.7 Å². The first-order valence-electron chi connectivity index (χ1n) is 12.4. The fourth-order valence-electron chi connectivity index (χ4n) is 5.14. The topological polar surface area (TPSA) is 51.2 Å². The highest BCUT2D eigenvalue weighted by Gasteiger charge is 2.33. The SMILES string of the molecule is CCCCC[P+](=O)c1cccc(C(=O)c2c(C)cc(C)cc2C)c1C(=O)c1c(C)cc(C)cc1C. The van der Waals surface area contributed by atoms with Gasteiger partial charge in [-0.15, -0.1) is 0 Å². The van der Waals surface area contributed by atoms with E-state index in [4.69, 9.17) is 0 Å². The Morgan fingerprint density at radius 1 is 0.686 bits per heavy atom. The molecule has 35 heavy (non-hydrogen) atoms. The molecule has 0 bridgehead atoms. The zero-order valence-electron chi connectivity index (χ0n) is 22.0. The van der Waals surface area contributed by atoms with Gasteiger partial charge in [0.2, 0.25) is 5.30 Å². The summed E-state index contributed by atoms with van der Waals surface area (Å²) in [6.45, 7) is 13.8. The van der Waals surface area contributed by atoms with Crippen LogP contribution in [0.3, 0.4) is 0 Å². The summed E-state index contributed by atoms with van der Waals surface area (Å²) in [6, 6.07) is 13.2. The van der Waals surface area contributed by atoms with E-state index in [1.54, 1.807) is 18.2 Å². The van der Waals surface area contributed by atoms with E-state index in [2.05, 4.69) is 6.92 Å². The summed E-state index contributed by atoms with van der Waals surface area (Å²) < 4.78 is 13.5. The van der Waals surface area contributed by atoms with Crippen LogP contribution in [-0.2, 0) is 4.57 Å². The molecule has 0 radical (unpaired) electrons. The van der Waals surface area contributed by atoms with Gasteiger partial charge in [-0.05, 0) is 88.8 Å². The van der Waals surface area contributed by atoms with Crippen molar-refractivity contribution >= 4 is 24.7 Å². The van der Waals surface area contributed by atoms with Crippen LogP contribution in [0.25, 0.3) is 0 Å². The molecule has 3 aromatic carbocycles. The Morgan fingerprint density at radius 2 is 1.17 bits per heavy atom. The minimum Gasteiger partial charge on any atom is -0.289 e. The Balaban J connectivity index is 2.26. The van der Waals surface area contributed by atoms with Crippen LogP contribution in [0.1, 0.15) is 91.4 Å². The third-order valence-electron chi connectivity index (χ3n) is 6.56. The van der Waals surface area contributed by atoms with Crippen molar-refractivity contribution in [2.75, 3.05) is 6.16 Å². The van der Waals surface area contributed by atoms with Gasteiger partial charge in [0, 0.05) is 16.7 Å². The van der Waals surface area contributed by atoms with E-state index >= 15 is 0 Å². The number of ketones is 2. The molecule has 0 aliphatic rings. The standard InChI is InChI=1S/C31H36O3P/c1-8-9-10-14-35(34)26-13-11-12-25(30(32)27-21(4)15-19(2)16-22(27)5)29(26)31(33)28-23(6)17-20(3)18-24(28)7/h11-13,15-18H,8-10,14H2,1-7H3/q+1. The third kappa shape index (κ3) is 5.68. The molecule has 1 atom stereocenters. The highest BCUT2D eigenvalue weighted by Crippen LogP contribution is 2.31. The van der Waals surface area contributed by atoms with Gasteiger partial charge in [-0.1, -0.05) is 59.4 Å². The van der Waals surface area contributed by atoms with Gasteiger partial charge in [0.25, 0.3) is 0 Å². The minimum absolute atomic E-state index is 0.190. The molecule has 0 aliphatic heterocycles. The van der Waals surface area contributed by atoms with Crippen molar-refractivity contribution < 1.29 is 14.2 Å². The van der Waals surface area contributed by atoms with Gasteiger partial charge < -0.3 is 0 Å². The highest BCUT2D eigenvalue weighted by atomic mass is 31.1. The maximum atomic E-state index is 14.2. The lowest BCUT2D eigenvalue weighted by atomic mass is 9.87. The van der Waals surface area contributed by atoms with Gasteiger partial charge in [0.1, 0.15) is 0 Å². The maximum Gasteiger partial charge on any atom is 0.377 e. The second kappa shape index (κ2) is 11.2. The molecule has 0 amide bonds. The molecule has 0 fully saturated rings. The Morgan fingerprint density at radius 3 is 1.66 bits per heavy atom. The van der Waals surface area contributed by atoms with E-state index in [1.165, 1.54) is 0 Å². The molecule has 1 unspecified atom stereocenters. The molecule has 182 valence electrons. The number of aryl methyl sites for hydroxylation is 6. The Bertz CT molecular complexity index is 1270. The lowest BCUT2D eigenvalue weighted by Gasteiger charge is -2.15. The molecule has 0 aromatic heterocycles. The number of rotatable bonds is 9. The fourth-order valence-corrected chi connectivity index (χ4v) is 6.61. The fraction of sp³-hybridized carbons (Fsp3) is 0.355. The van der Waals surface area contributed by atoms with E-state index in [-0.39, 0.29) is 11.6 Å². The Hall–Kier alpha value is -2.90. The van der Waals surface area contributed by atoms with Crippen LogP contribution in [0.15, 0.2) is 42.5 Å². The van der Waals surface area contributed by atoms with E-state index in [9.17, 15) is 14.2 Å². The van der Waals surface area contributed by atoms with E-state index in [0.717, 1.165) is 52.6 Å². The summed E-state index contributed by atoms with van der Waals surface area (Å²) in [6.07, 6.45) is 3.36. The molecule has 3 nitrogen and oxygen atoms in total. The molecule has 3 aromatic rings. The van der Waals surface area contributed by atoms with Crippen molar-refractivity contribution in [2.24, 2.45) is 0 Å². The lowest BCUT2D eigenvalue weighted by Crippen LogP contribution is -2.22. The van der Waals surface area contributed by atoms with Crippen LogP contribution in [0.4, 0.5) is 0 Å². The third-order valence-corrected chi connectivity index (χ3v) is 8.19. The van der Waals surface area contributed by atoms with Crippen LogP contribution < -0.4 is 5.30 Å². The van der Waals surface area contributed by atoms with E-state index < -0.39 is 7.80 Å². The molecule has 0 N–H and O–H groups in total. The van der Waals surface area contributed by atoms with Crippen LogP contribution in [0.2, 0.25) is 0 Å². The average molecular weight is 488 g/mol. The van der Waals surface area contributed by atoms with Gasteiger partial charge in [0.15, 0.2) is 17.7 Å². The quantitative estimate of drug-likeness (QED) is 0.177. The summed E-state index contributed by atoms with van der Waals surface area (Å²) in [5, 5.41) is 0.494. The van der Waals surface area contributed by atoms with Gasteiger partial charge >= 0.3 is 7.80 Å². The van der Waals surface area contributed by atoms with Gasteiger partial charge in [-0.25, -0.2) is 0 Å². The number of benzene rings is 3. The molecule has 0 aliphatic carbocycles. The predicted octanol–water partition coefficient (Wildman–Crippen LogP) is 7.64. The molecule has 4 heteroatoms. The van der Waals surface area contributed by atoms with Crippen molar-refractivity contribution in [1.29, 1.82) is 0 Å². The number of hydrogen-bond donors (Lipinski definition) is 0. The second-order valence-electron chi connectivity index (χ2n) is 9.71. The monoisotopic (exact) mass is 487 g/mol. The summed E-state index contributed by atoms with van der Waals surface area (Å²) in [7, 11) is -1.81. The second-order valence-corrected chi connectivity index (χ2v) is 11.4. The minimum atomic E-state index is -1.81. The molecule has 0 saturated carbocycles. The first kappa shape index (κ1) is 26.7. The van der Waals surface area contributed by atoms with Crippen LogP contribution in [-0.4, -0.2) is 17.7 Å². The number of unbranched alkanes of at least 4 members (excludes halogenated alkanes) is 2. The first-order valence-corrected chi connectivity index (χ1v) is 13.8. The molecule has 3 rings (SSSR count). The maximum absolute atomic E-state index is 14.2. The normalized spacial score (nSPS) is 11.5. The van der Waals surface area contributed by atoms with Crippen LogP contribution in [0.5, 0.6) is 0 Å². The van der Waals surface area contributed by atoms with Crippen molar-refractivity contribution in [3.8, 4) is 0 Å². The highest BCUT2D eigenvalue weighted by molar-refractivity contribution is 7.53. The van der Waals surface area contributed by atoms with Crippen molar-refractivity contribution in [3.05, 3.63) is 98.1 Å². The van der Waals surface area contributed by atoms with Gasteiger partial charge in [0.05, 0.1) is 5.56 Å². The summed E-state index contributed by atoms with van der Waals surface area (Å²) in [5.74, 6) is -0.412. The van der Waals surface area contributed by atoms with E-state index in [1.807, 2.05) is 65.8 Å². The molecule has 0 heterocycles. The number of carbonyl (C=O) groups is 2. The lowest BCUT2D eigenvalue weighted by molar-refractivity contribution is 0.100. The zero-order valence-corrected chi connectivity index (χ0v) is 22.9. The van der Waals surface area contributed by atoms with Gasteiger partial charge in [-0.3, -0.25) is 9.59 Å². The zero-order chi connectivity index (χ0) is 25.9. The average Bonchev–Trinajstić information content (AvgIpc) is 2.77. The summed E-state index contributed by atoms with van der Waals surface area (Å²) >= 11 is 0. The Labute approximate surface area is 210 Å². The van der Waals surface area contributed by atoms with Crippen LogP contribution >= 0.6 is 7.80 Å². The number of carbonyl (C=O) groups excluding carboxylic acids is 2. The molecule has 0 saturated heterocycles. The smallest absolute Gasteiger partial charge is 0.289 e. The molecule has 0 spiro atoms. The largest absolute Gasteiger partial charge is 0.377 e. The van der Waals surface area contributed by atoms with E-state index in [0.29, 0.717) is 33.7 Å². The summed E-state index contributed by atoms with van der Waals surface area (Å²) in [5.41, 5.74) is 7.49. The first-order chi connectivity index (χ1) is 16.6.